The first kappa shape index (κ1) is 23.9. The molecule has 1 aliphatic heterocycles. The molecule has 3 aromatic rings. The Labute approximate surface area is 198 Å². The van der Waals surface area contributed by atoms with Crippen LogP contribution in [0.4, 0.5) is 13.2 Å². The summed E-state index contributed by atoms with van der Waals surface area (Å²) in [7, 11) is 1.59. The number of imidazole rings is 1. The molecule has 178 valence electrons. The highest BCUT2D eigenvalue weighted by Crippen LogP contribution is 2.40. The molecule has 3 heterocycles. The summed E-state index contributed by atoms with van der Waals surface area (Å²) in [5, 5.41) is 14.7. The van der Waals surface area contributed by atoms with Crippen LogP contribution in [0.3, 0.4) is 0 Å². The van der Waals surface area contributed by atoms with E-state index in [4.69, 9.17) is 18.0 Å². The number of amides is 1. The number of hydrogen-bond acceptors (Lipinski definition) is 4. The zero-order valence-electron chi connectivity index (χ0n) is 18.6. The number of halogens is 4. The number of nitrogens with zero attached hydrogens (tertiary/aromatic N) is 5. The number of fused-ring (bicyclic) bond motifs is 1. The SMILES string of the molecule is C#Cc1ccc(-c2nn(C)c(C(=O)N3Cc4cnc([C@@](C)(O)C(F)(F)F)n4[C@@H](C)C3)c2Cl)cc1. The highest BCUT2D eigenvalue weighted by molar-refractivity contribution is 6.36. The number of rotatable bonds is 3. The largest absolute Gasteiger partial charge is 0.424 e. The van der Waals surface area contributed by atoms with E-state index in [2.05, 4.69) is 16.0 Å². The van der Waals surface area contributed by atoms with Crippen molar-refractivity contribution in [2.75, 3.05) is 6.54 Å². The number of aromatic nitrogens is 4. The summed E-state index contributed by atoms with van der Waals surface area (Å²) in [6.45, 7) is 2.42. The predicted octanol–water partition coefficient (Wildman–Crippen LogP) is 3.91. The van der Waals surface area contributed by atoms with Crippen LogP contribution in [-0.2, 0) is 19.2 Å². The molecule has 0 saturated carbocycles. The van der Waals surface area contributed by atoms with Crippen molar-refractivity contribution >= 4 is 17.5 Å². The Morgan fingerprint density at radius 3 is 2.53 bits per heavy atom. The van der Waals surface area contributed by atoms with Crippen molar-refractivity contribution in [1.82, 2.24) is 24.2 Å². The summed E-state index contributed by atoms with van der Waals surface area (Å²) in [6, 6.07) is 6.42. The van der Waals surface area contributed by atoms with Crippen molar-refractivity contribution in [3.8, 4) is 23.6 Å². The quantitative estimate of drug-likeness (QED) is 0.564. The Hall–Kier alpha value is -3.29. The first-order valence-corrected chi connectivity index (χ1v) is 10.7. The minimum atomic E-state index is -4.90. The lowest BCUT2D eigenvalue weighted by atomic mass is 10.0. The molecule has 1 aromatic carbocycles. The van der Waals surface area contributed by atoms with Gasteiger partial charge in [0.25, 0.3) is 5.91 Å². The first-order valence-electron chi connectivity index (χ1n) is 10.3. The van der Waals surface area contributed by atoms with Gasteiger partial charge in [-0.15, -0.1) is 6.42 Å². The van der Waals surface area contributed by atoms with Crippen LogP contribution in [0.1, 0.15) is 47.5 Å². The van der Waals surface area contributed by atoms with Crippen molar-refractivity contribution in [2.45, 2.75) is 38.2 Å². The maximum atomic E-state index is 13.4. The first-order chi connectivity index (χ1) is 15.9. The van der Waals surface area contributed by atoms with E-state index in [1.165, 1.54) is 20.3 Å². The third-order valence-electron chi connectivity index (χ3n) is 5.94. The van der Waals surface area contributed by atoms with Crippen molar-refractivity contribution in [3.05, 3.63) is 58.3 Å². The second-order valence-electron chi connectivity index (χ2n) is 8.40. The number of alkyl halides is 3. The molecule has 2 aromatic heterocycles. The molecule has 7 nitrogen and oxygen atoms in total. The van der Waals surface area contributed by atoms with E-state index in [0.717, 1.165) is 0 Å². The number of carbonyl (C=O) groups excluding carboxylic acids is 1. The third kappa shape index (κ3) is 3.75. The summed E-state index contributed by atoms with van der Waals surface area (Å²) >= 11 is 6.56. The molecule has 2 atom stereocenters. The highest BCUT2D eigenvalue weighted by atomic mass is 35.5. The minimum Gasteiger partial charge on any atom is -0.374 e. The Morgan fingerprint density at radius 1 is 1.29 bits per heavy atom. The van der Waals surface area contributed by atoms with Crippen molar-refractivity contribution in [3.63, 3.8) is 0 Å². The number of hydrogen-bond donors (Lipinski definition) is 1. The van der Waals surface area contributed by atoms with E-state index in [1.54, 1.807) is 38.2 Å². The van der Waals surface area contributed by atoms with Gasteiger partial charge in [-0.2, -0.15) is 18.3 Å². The van der Waals surface area contributed by atoms with E-state index in [-0.39, 0.29) is 23.8 Å². The molecular formula is C23H21ClF3N5O2. The fourth-order valence-corrected chi connectivity index (χ4v) is 4.45. The second-order valence-corrected chi connectivity index (χ2v) is 8.78. The molecule has 0 saturated heterocycles. The third-order valence-corrected chi connectivity index (χ3v) is 6.30. The molecule has 0 unspecified atom stereocenters. The summed E-state index contributed by atoms with van der Waals surface area (Å²) in [5.41, 5.74) is -0.816. The summed E-state index contributed by atoms with van der Waals surface area (Å²) < 4.78 is 42.9. The number of aliphatic hydroxyl groups is 1. The van der Waals surface area contributed by atoms with Crippen LogP contribution in [0.25, 0.3) is 11.3 Å². The van der Waals surface area contributed by atoms with Gasteiger partial charge < -0.3 is 14.6 Å². The zero-order valence-corrected chi connectivity index (χ0v) is 19.3. The van der Waals surface area contributed by atoms with Crippen molar-refractivity contribution in [1.29, 1.82) is 0 Å². The standard InChI is InChI=1S/C23H21ClF3N5O2/c1-5-14-6-8-15(9-7-14)18-17(24)19(30(4)29-18)20(33)31-11-13(2)32-16(12-31)10-28-21(32)22(3,34)23(25,26)27/h1,6-10,13,34H,11-12H2,2-4H3/t13-,22+/m0/s1. The van der Waals surface area contributed by atoms with Gasteiger partial charge in [0.1, 0.15) is 11.4 Å². The predicted molar refractivity (Wildman–Crippen MR) is 119 cm³/mol. The van der Waals surface area contributed by atoms with Gasteiger partial charge in [-0.05, 0) is 26.0 Å². The van der Waals surface area contributed by atoms with Crippen LogP contribution < -0.4 is 0 Å². The monoisotopic (exact) mass is 491 g/mol. The zero-order chi connectivity index (χ0) is 25.0. The lowest BCUT2D eigenvalue weighted by Gasteiger charge is -2.36. The van der Waals surface area contributed by atoms with E-state index < -0.39 is 29.6 Å². The lowest BCUT2D eigenvalue weighted by Crippen LogP contribution is -2.46. The number of benzene rings is 1. The molecule has 0 fully saturated rings. The molecule has 0 radical (unpaired) electrons. The molecule has 1 aliphatic rings. The van der Waals surface area contributed by atoms with Crippen LogP contribution in [0, 0.1) is 12.3 Å². The fraction of sp³-hybridized carbons (Fsp3) is 0.348. The average molecular weight is 492 g/mol. The van der Waals surface area contributed by atoms with Crippen LogP contribution in [-0.4, -0.2) is 48.0 Å². The van der Waals surface area contributed by atoms with Gasteiger partial charge in [0.05, 0.1) is 29.5 Å². The normalized spacial score (nSPS) is 17.7. The van der Waals surface area contributed by atoms with Gasteiger partial charge >= 0.3 is 6.18 Å². The molecule has 0 bridgehead atoms. The van der Waals surface area contributed by atoms with Gasteiger partial charge in [0, 0.05) is 24.7 Å². The summed E-state index contributed by atoms with van der Waals surface area (Å²) in [6.07, 6.45) is 1.73. The molecule has 1 amide bonds. The number of terminal acetylenes is 1. The maximum absolute atomic E-state index is 13.4. The highest BCUT2D eigenvalue weighted by Gasteiger charge is 2.55. The van der Waals surface area contributed by atoms with Crippen LogP contribution >= 0.6 is 11.6 Å². The summed E-state index contributed by atoms with van der Waals surface area (Å²) in [5.74, 6) is 1.60. The molecular weight excluding hydrogens is 471 g/mol. The molecule has 11 heteroatoms. The molecule has 1 N–H and O–H groups in total. The van der Waals surface area contributed by atoms with E-state index in [9.17, 15) is 23.1 Å². The molecule has 0 spiro atoms. The van der Waals surface area contributed by atoms with E-state index in [1.807, 2.05) is 0 Å². The Balaban J connectivity index is 1.65. The van der Waals surface area contributed by atoms with Crippen molar-refractivity contribution < 1.29 is 23.1 Å². The second kappa shape index (κ2) is 8.18. The molecule has 34 heavy (non-hydrogen) atoms. The minimum absolute atomic E-state index is 0.00216. The van der Waals surface area contributed by atoms with Gasteiger partial charge in [0.15, 0.2) is 5.82 Å². The van der Waals surface area contributed by atoms with Crippen LogP contribution in [0.15, 0.2) is 30.5 Å². The van der Waals surface area contributed by atoms with Gasteiger partial charge in [-0.1, -0.05) is 29.7 Å². The smallest absolute Gasteiger partial charge is 0.374 e. The lowest BCUT2D eigenvalue weighted by molar-refractivity contribution is -0.263. The topological polar surface area (TPSA) is 76.2 Å². The Bertz CT molecular complexity index is 1300. The Morgan fingerprint density at radius 2 is 1.94 bits per heavy atom. The maximum Gasteiger partial charge on any atom is 0.424 e. The van der Waals surface area contributed by atoms with E-state index >= 15 is 0 Å². The number of carbonyl (C=O) groups is 1. The number of aryl methyl sites for hydroxylation is 1. The van der Waals surface area contributed by atoms with Gasteiger partial charge in [0.2, 0.25) is 5.60 Å². The van der Waals surface area contributed by atoms with Crippen molar-refractivity contribution in [2.24, 2.45) is 7.05 Å². The van der Waals surface area contributed by atoms with E-state index in [0.29, 0.717) is 29.4 Å². The molecule has 4 rings (SSSR count). The van der Waals surface area contributed by atoms with Gasteiger partial charge in [-0.3, -0.25) is 9.48 Å². The average Bonchev–Trinajstić information content (AvgIpc) is 3.34. The fourth-order valence-electron chi connectivity index (χ4n) is 4.10. The van der Waals surface area contributed by atoms with Gasteiger partial charge in [-0.25, -0.2) is 4.98 Å². The van der Waals surface area contributed by atoms with Crippen LogP contribution in [0.5, 0.6) is 0 Å². The molecule has 0 aliphatic carbocycles. The van der Waals surface area contributed by atoms with Crippen LogP contribution in [0.2, 0.25) is 5.02 Å². The Kier molecular flexibility index (Phi) is 5.74. The summed E-state index contributed by atoms with van der Waals surface area (Å²) in [4.78, 5) is 18.7.